The zero-order chi connectivity index (χ0) is 21.5. The van der Waals surface area contributed by atoms with Gasteiger partial charge in [0, 0.05) is 10.6 Å². The highest BCUT2D eigenvalue weighted by atomic mass is 32.1. The highest BCUT2D eigenvalue weighted by Gasteiger charge is 2.39. The van der Waals surface area contributed by atoms with Crippen molar-refractivity contribution in [2.24, 2.45) is 0 Å². The Hall–Kier alpha value is -2.02. The number of aliphatic hydroxyl groups is 2. The number of amides is 1. The van der Waals surface area contributed by atoms with E-state index in [-0.39, 0.29) is 18.4 Å². The second-order valence-electron chi connectivity index (χ2n) is 8.02. The molecule has 0 aliphatic carbocycles. The van der Waals surface area contributed by atoms with Crippen molar-refractivity contribution < 1.29 is 19.8 Å². The first-order valence-corrected chi connectivity index (χ1v) is 11.7. The Balaban J connectivity index is 1.62. The maximum Gasteiger partial charge on any atom is 0.230 e. The van der Waals surface area contributed by atoms with Gasteiger partial charge in [-0.3, -0.25) is 9.59 Å². The Kier molecular flexibility index (Phi) is 8.19. The Morgan fingerprint density at radius 3 is 2.60 bits per heavy atom. The molecule has 5 nitrogen and oxygen atoms in total. The predicted molar refractivity (Wildman–Crippen MR) is 120 cm³/mol. The van der Waals surface area contributed by atoms with Gasteiger partial charge in [-0.05, 0) is 55.5 Å². The molecule has 2 N–H and O–H groups in total. The summed E-state index contributed by atoms with van der Waals surface area (Å²) < 4.78 is 0. The van der Waals surface area contributed by atoms with Gasteiger partial charge >= 0.3 is 0 Å². The third-order valence-electron chi connectivity index (χ3n) is 5.79. The van der Waals surface area contributed by atoms with Crippen LogP contribution in [0, 0.1) is 0 Å². The molecule has 3 rings (SSSR count). The number of unbranched alkanes of at least 4 members (excludes halogenated alkanes) is 2. The summed E-state index contributed by atoms with van der Waals surface area (Å²) in [5.41, 5.74) is 1.63. The molecule has 1 aliphatic rings. The smallest absolute Gasteiger partial charge is 0.230 e. The van der Waals surface area contributed by atoms with Crippen molar-refractivity contribution in [3.8, 4) is 0 Å². The predicted octanol–water partition coefficient (Wildman–Crippen LogP) is 4.66. The van der Waals surface area contributed by atoms with Gasteiger partial charge in [-0.25, -0.2) is 0 Å². The van der Waals surface area contributed by atoms with Gasteiger partial charge in [-0.1, -0.05) is 38.3 Å². The van der Waals surface area contributed by atoms with E-state index < -0.39 is 12.2 Å². The van der Waals surface area contributed by atoms with Crippen LogP contribution in [0.15, 0.2) is 36.4 Å². The molecule has 0 spiro atoms. The monoisotopic (exact) mass is 429 g/mol. The summed E-state index contributed by atoms with van der Waals surface area (Å²) >= 11 is 1.49. The molecule has 1 fully saturated rings. The van der Waals surface area contributed by atoms with Crippen LogP contribution in [0.3, 0.4) is 0 Å². The van der Waals surface area contributed by atoms with Gasteiger partial charge in [0.2, 0.25) is 5.91 Å². The lowest BCUT2D eigenvalue weighted by atomic mass is 10.0. The fourth-order valence-electron chi connectivity index (χ4n) is 4.12. The molecule has 162 valence electrons. The maximum atomic E-state index is 12.5. The number of aryl methyl sites for hydroxylation is 1. The van der Waals surface area contributed by atoms with E-state index in [0.717, 1.165) is 65.8 Å². The number of hydrogen-bond donors (Lipinski definition) is 2. The Morgan fingerprint density at radius 1 is 1.17 bits per heavy atom. The number of thiophene rings is 1. The second kappa shape index (κ2) is 10.8. The first-order chi connectivity index (χ1) is 14.5. The van der Waals surface area contributed by atoms with E-state index in [1.807, 2.05) is 36.4 Å². The zero-order valence-corrected chi connectivity index (χ0v) is 18.3. The zero-order valence-electron chi connectivity index (χ0n) is 17.5. The topological polar surface area (TPSA) is 77.8 Å². The van der Waals surface area contributed by atoms with Gasteiger partial charge in [0.1, 0.15) is 0 Å². The number of benzene rings is 1. The van der Waals surface area contributed by atoms with Crippen LogP contribution in [0.5, 0.6) is 0 Å². The van der Waals surface area contributed by atoms with Gasteiger partial charge in [0.05, 0.1) is 29.5 Å². The summed E-state index contributed by atoms with van der Waals surface area (Å²) in [7, 11) is 0. The van der Waals surface area contributed by atoms with E-state index >= 15 is 0 Å². The number of hydrogen-bond acceptors (Lipinski definition) is 5. The van der Waals surface area contributed by atoms with Crippen molar-refractivity contribution in [2.75, 3.05) is 4.90 Å². The van der Waals surface area contributed by atoms with Crippen LogP contribution in [0.1, 0.15) is 78.1 Å². The average Bonchev–Trinajstić information content (AvgIpc) is 3.32. The summed E-state index contributed by atoms with van der Waals surface area (Å²) in [5, 5.41) is 20.8. The Morgan fingerprint density at radius 2 is 1.93 bits per heavy atom. The van der Waals surface area contributed by atoms with E-state index in [1.54, 1.807) is 4.90 Å². The quantitative estimate of drug-likeness (QED) is 0.402. The van der Waals surface area contributed by atoms with Crippen LogP contribution in [-0.2, 0) is 11.2 Å². The highest BCUT2D eigenvalue weighted by Crippen LogP contribution is 2.31. The third-order valence-corrected chi connectivity index (χ3v) is 6.86. The summed E-state index contributed by atoms with van der Waals surface area (Å²) in [6.07, 6.45) is 6.17. The van der Waals surface area contributed by atoms with Gasteiger partial charge in [-0.2, -0.15) is 0 Å². The standard InChI is InChI=1S/C24H31NO4S/c1-2-3-4-8-22(27)17-9-11-18(12-10-17)25-21(23(28)15-24(25)29)7-5-6-19-13-14-20(16-26)30-19/h9-14,16,21-23,27-28H,2-8,15H2,1H3/t21-,22?,23?/m0/s1. The number of carbonyl (C=O) groups excluding carboxylic acids is 2. The van der Waals surface area contributed by atoms with E-state index in [1.165, 1.54) is 11.3 Å². The van der Waals surface area contributed by atoms with Crippen LogP contribution in [0.4, 0.5) is 5.69 Å². The minimum Gasteiger partial charge on any atom is -0.390 e. The van der Waals surface area contributed by atoms with E-state index in [0.29, 0.717) is 6.42 Å². The van der Waals surface area contributed by atoms with Crippen molar-refractivity contribution in [1.29, 1.82) is 0 Å². The van der Waals surface area contributed by atoms with Gasteiger partial charge in [0.15, 0.2) is 6.29 Å². The van der Waals surface area contributed by atoms with Crippen molar-refractivity contribution in [2.45, 2.75) is 76.5 Å². The van der Waals surface area contributed by atoms with Crippen LogP contribution in [0.25, 0.3) is 0 Å². The maximum absolute atomic E-state index is 12.5. The lowest BCUT2D eigenvalue weighted by molar-refractivity contribution is -0.117. The van der Waals surface area contributed by atoms with Crippen LogP contribution < -0.4 is 4.90 Å². The molecule has 2 unspecified atom stereocenters. The SMILES string of the molecule is CCCCCC(O)c1ccc(N2C(=O)CC(O)[C@@H]2CCCc2ccc(C=O)s2)cc1. The molecule has 1 aromatic carbocycles. The molecule has 6 heteroatoms. The molecule has 2 aromatic rings. The number of nitrogens with zero attached hydrogens (tertiary/aromatic N) is 1. The van der Waals surface area contributed by atoms with E-state index in [4.69, 9.17) is 0 Å². The number of anilines is 1. The molecule has 1 aromatic heterocycles. The molecule has 0 radical (unpaired) electrons. The first kappa shape index (κ1) is 22.7. The molecular weight excluding hydrogens is 398 g/mol. The highest BCUT2D eigenvalue weighted by molar-refractivity contribution is 7.13. The van der Waals surface area contributed by atoms with Crippen LogP contribution in [-0.4, -0.2) is 34.6 Å². The molecule has 1 aliphatic heterocycles. The molecule has 1 amide bonds. The Labute approximate surface area is 182 Å². The number of aldehydes is 1. The average molecular weight is 430 g/mol. The van der Waals surface area contributed by atoms with Gasteiger partial charge in [-0.15, -0.1) is 11.3 Å². The molecular formula is C24H31NO4S. The first-order valence-electron chi connectivity index (χ1n) is 10.9. The number of aliphatic hydroxyl groups excluding tert-OH is 2. The van der Waals surface area contributed by atoms with Crippen molar-refractivity contribution in [1.82, 2.24) is 0 Å². The van der Waals surface area contributed by atoms with Gasteiger partial charge < -0.3 is 15.1 Å². The number of rotatable bonds is 11. The van der Waals surface area contributed by atoms with E-state index in [2.05, 4.69) is 6.92 Å². The minimum absolute atomic E-state index is 0.0666. The summed E-state index contributed by atoms with van der Waals surface area (Å²) in [4.78, 5) is 27.0. The van der Waals surface area contributed by atoms with E-state index in [9.17, 15) is 19.8 Å². The summed E-state index contributed by atoms with van der Waals surface area (Å²) in [6, 6.07) is 11.1. The minimum atomic E-state index is -0.675. The van der Waals surface area contributed by atoms with Crippen LogP contribution >= 0.6 is 11.3 Å². The molecule has 0 saturated carbocycles. The fraction of sp³-hybridized carbons (Fsp3) is 0.500. The van der Waals surface area contributed by atoms with Crippen LogP contribution in [0.2, 0.25) is 0 Å². The molecule has 1 saturated heterocycles. The lowest BCUT2D eigenvalue weighted by Gasteiger charge is -2.27. The van der Waals surface area contributed by atoms with Crippen molar-refractivity contribution in [3.05, 3.63) is 51.7 Å². The van der Waals surface area contributed by atoms with Crippen molar-refractivity contribution in [3.63, 3.8) is 0 Å². The fourth-order valence-corrected chi connectivity index (χ4v) is 4.99. The normalized spacial score (nSPS) is 20.0. The molecule has 0 bridgehead atoms. The lowest BCUT2D eigenvalue weighted by Crippen LogP contribution is -2.37. The molecule has 30 heavy (non-hydrogen) atoms. The third kappa shape index (κ3) is 5.56. The molecule has 2 heterocycles. The largest absolute Gasteiger partial charge is 0.390 e. The summed E-state index contributed by atoms with van der Waals surface area (Å²) in [5.74, 6) is -0.0666. The second-order valence-corrected chi connectivity index (χ2v) is 9.22. The number of carbonyl (C=O) groups is 2. The van der Waals surface area contributed by atoms with Crippen molar-refractivity contribution >= 4 is 29.2 Å². The Bertz CT molecular complexity index is 832. The van der Waals surface area contributed by atoms with Gasteiger partial charge in [0.25, 0.3) is 0 Å². The summed E-state index contributed by atoms with van der Waals surface area (Å²) in [6.45, 7) is 2.14. The molecule has 3 atom stereocenters.